The van der Waals surface area contributed by atoms with Crippen LogP contribution < -0.4 is 5.32 Å². The summed E-state index contributed by atoms with van der Waals surface area (Å²) in [6, 6.07) is 0. The van der Waals surface area contributed by atoms with E-state index < -0.39 is 0 Å². The number of rotatable bonds is 4. The fourth-order valence-corrected chi connectivity index (χ4v) is 1.27. The van der Waals surface area contributed by atoms with E-state index in [0.717, 1.165) is 0 Å². The molecule has 5 heteroatoms. The van der Waals surface area contributed by atoms with E-state index in [1.807, 2.05) is 13.8 Å². The van der Waals surface area contributed by atoms with Gasteiger partial charge in [-0.25, -0.2) is 9.97 Å². The Bertz CT molecular complexity index is 304. The smallest absolute Gasteiger partial charge is 0.148 e. The minimum Gasteiger partial charge on any atom is -0.382 e. The molecule has 0 aliphatic rings. The molecule has 0 unspecified atom stereocenters. The van der Waals surface area contributed by atoms with Crippen molar-refractivity contribution in [3.8, 4) is 0 Å². The molecule has 0 amide bonds. The van der Waals surface area contributed by atoms with Gasteiger partial charge in [0.1, 0.15) is 17.2 Å². The second-order valence-corrected chi connectivity index (χ2v) is 4.07. The van der Waals surface area contributed by atoms with Gasteiger partial charge in [0.15, 0.2) is 0 Å². The molecular formula is C9H14ClN3O. The van der Waals surface area contributed by atoms with Crippen molar-refractivity contribution in [2.24, 2.45) is 0 Å². The summed E-state index contributed by atoms with van der Waals surface area (Å²) in [5, 5.41) is 3.69. The van der Waals surface area contributed by atoms with Gasteiger partial charge < -0.3 is 10.1 Å². The maximum Gasteiger partial charge on any atom is 0.148 e. The molecule has 0 fully saturated rings. The van der Waals surface area contributed by atoms with Crippen molar-refractivity contribution in [2.45, 2.75) is 19.4 Å². The van der Waals surface area contributed by atoms with Crippen molar-refractivity contribution >= 4 is 17.4 Å². The van der Waals surface area contributed by atoms with Crippen molar-refractivity contribution in [3.05, 3.63) is 17.5 Å². The molecule has 14 heavy (non-hydrogen) atoms. The van der Waals surface area contributed by atoms with Crippen LogP contribution in [-0.2, 0) is 4.74 Å². The number of hydrogen-bond acceptors (Lipinski definition) is 4. The maximum atomic E-state index is 5.90. The third-order valence-electron chi connectivity index (χ3n) is 1.63. The monoisotopic (exact) mass is 215 g/mol. The molecule has 0 spiro atoms. The topological polar surface area (TPSA) is 47.0 Å². The molecule has 4 nitrogen and oxygen atoms in total. The number of hydrogen-bond donors (Lipinski definition) is 1. The Morgan fingerprint density at radius 2 is 2.29 bits per heavy atom. The summed E-state index contributed by atoms with van der Waals surface area (Å²) in [7, 11) is 1.66. The van der Waals surface area contributed by atoms with Gasteiger partial charge in [-0.15, -0.1) is 0 Å². The highest BCUT2D eigenvalue weighted by molar-refractivity contribution is 6.32. The van der Waals surface area contributed by atoms with Crippen molar-refractivity contribution < 1.29 is 4.74 Å². The molecule has 0 saturated carbocycles. The van der Waals surface area contributed by atoms with Gasteiger partial charge in [-0.1, -0.05) is 11.6 Å². The summed E-state index contributed by atoms with van der Waals surface area (Å²) in [5.74, 6) is 0.628. The highest BCUT2D eigenvalue weighted by atomic mass is 35.5. The lowest BCUT2D eigenvalue weighted by Crippen LogP contribution is -2.36. The third-order valence-corrected chi connectivity index (χ3v) is 1.91. The molecule has 0 saturated heterocycles. The standard InChI is InChI=1S/C9H14ClN3O/c1-9(2,5-14-3)13-8-7(10)4-11-6-12-8/h4,6H,5H2,1-3H3,(H,11,12,13). The van der Waals surface area contributed by atoms with E-state index in [-0.39, 0.29) is 5.54 Å². The average molecular weight is 216 g/mol. The zero-order valence-electron chi connectivity index (χ0n) is 8.54. The average Bonchev–Trinajstić information content (AvgIpc) is 2.08. The number of anilines is 1. The quantitative estimate of drug-likeness (QED) is 0.834. The molecule has 1 rings (SSSR count). The largest absolute Gasteiger partial charge is 0.382 e. The zero-order valence-corrected chi connectivity index (χ0v) is 9.30. The van der Waals surface area contributed by atoms with Crippen LogP contribution in [0.2, 0.25) is 5.02 Å². The molecule has 78 valence electrons. The number of aromatic nitrogens is 2. The predicted octanol–water partition coefficient (Wildman–Crippen LogP) is 1.97. The minimum absolute atomic E-state index is 0.202. The van der Waals surface area contributed by atoms with Crippen LogP contribution in [0.25, 0.3) is 0 Å². The third kappa shape index (κ3) is 3.12. The summed E-state index contributed by atoms with van der Waals surface area (Å²) >= 11 is 5.90. The van der Waals surface area contributed by atoms with Crippen LogP contribution in [0.3, 0.4) is 0 Å². The van der Waals surface area contributed by atoms with Gasteiger partial charge in [0.25, 0.3) is 0 Å². The minimum atomic E-state index is -0.202. The molecule has 1 aromatic rings. The molecular weight excluding hydrogens is 202 g/mol. The fourth-order valence-electron chi connectivity index (χ4n) is 1.12. The van der Waals surface area contributed by atoms with Crippen LogP contribution in [0.1, 0.15) is 13.8 Å². The van der Waals surface area contributed by atoms with E-state index in [1.54, 1.807) is 13.3 Å². The summed E-state index contributed by atoms with van der Waals surface area (Å²) in [6.45, 7) is 4.59. The summed E-state index contributed by atoms with van der Waals surface area (Å²) < 4.78 is 5.07. The Labute approximate surface area is 88.7 Å². The number of nitrogens with one attached hydrogen (secondary N) is 1. The van der Waals surface area contributed by atoms with Crippen molar-refractivity contribution in [2.75, 3.05) is 19.0 Å². The van der Waals surface area contributed by atoms with Crippen LogP contribution in [0.5, 0.6) is 0 Å². The van der Waals surface area contributed by atoms with E-state index in [1.165, 1.54) is 6.33 Å². The first-order valence-corrected chi connectivity index (χ1v) is 4.65. The van der Waals surface area contributed by atoms with E-state index in [4.69, 9.17) is 16.3 Å². The second kappa shape index (κ2) is 4.57. The normalized spacial score (nSPS) is 11.4. The van der Waals surface area contributed by atoms with Gasteiger partial charge in [0.2, 0.25) is 0 Å². The summed E-state index contributed by atoms with van der Waals surface area (Å²) in [4.78, 5) is 7.84. The van der Waals surface area contributed by atoms with Crippen LogP contribution in [0, 0.1) is 0 Å². The van der Waals surface area contributed by atoms with Gasteiger partial charge >= 0.3 is 0 Å². The summed E-state index contributed by atoms with van der Waals surface area (Å²) in [5.41, 5.74) is -0.202. The Hall–Kier alpha value is -0.870. The molecule has 1 heterocycles. The molecule has 1 N–H and O–H groups in total. The first-order chi connectivity index (χ1) is 6.55. The lowest BCUT2D eigenvalue weighted by Gasteiger charge is -2.26. The second-order valence-electron chi connectivity index (χ2n) is 3.66. The fraction of sp³-hybridized carbons (Fsp3) is 0.556. The van der Waals surface area contributed by atoms with Gasteiger partial charge in [-0.3, -0.25) is 0 Å². The van der Waals surface area contributed by atoms with Gasteiger partial charge in [-0.2, -0.15) is 0 Å². The van der Waals surface area contributed by atoms with E-state index in [0.29, 0.717) is 17.4 Å². The molecule has 0 atom stereocenters. The van der Waals surface area contributed by atoms with E-state index in [9.17, 15) is 0 Å². The SMILES string of the molecule is COCC(C)(C)Nc1ncncc1Cl. The number of nitrogens with zero attached hydrogens (tertiary/aromatic N) is 2. The van der Waals surface area contributed by atoms with Crippen LogP contribution in [-0.4, -0.2) is 29.2 Å². The maximum absolute atomic E-state index is 5.90. The van der Waals surface area contributed by atoms with Gasteiger partial charge in [0.05, 0.1) is 18.3 Å². The first kappa shape index (κ1) is 11.2. The lowest BCUT2D eigenvalue weighted by molar-refractivity contribution is 0.158. The Kier molecular flexibility index (Phi) is 3.66. The Balaban J connectivity index is 2.73. The van der Waals surface area contributed by atoms with Crippen LogP contribution >= 0.6 is 11.6 Å². The van der Waals surface area contributed by atoms with Crippen molar-refractivity contribution in [1.29, 1.82) is 0 Å². The van der Waals surface area contributed by atoms with Crippen molar-refractivity contribution in [1.82, 2.24) is 9.97 Å². The van der Waals surface area contributed by atoms with Crippen LogP contribution in [0.4, 0.5) is 5.82 Å². The number of ether oxygens (including phenoxy) is 1. The predicted molar refractivity (Wildman–Crippen MR) is 56.6 cm³/mol. The summed E-state index contributed by atoms with van der Waals surface area (Å²) in [6.07, 6.45) is 3.01. The van der Waals surface area contributed by atoms with Crippen molar-refractivity contribution in [3.63, 3.8) is 0 Å². The molecule has 1 aromatic heterocycles. The lowest BCUT2D eigenvalue weighted by atomic mass is 10.1. The van der Waals surface area contributed by atoms with Gasteiger partial charge in [0, 0.05) is 7.11 Å². The van der Waals surface area contributed by atoms with Gasteiger partial charge in [-0.05, 0) is 13.8 Å². The molecule has 0 aromatic carbocycles. The highest BCUT2D eigenvalue weighted by Gasteiger charge is 2.18. The number of methoxy groups -OCH3 is 1. The van der Waals surface area contributed by atoms with E-state index >= 15 is 0 Å². The highest BCUT2D eigenvalue weighted by Crippen LogP contribution is 2.20. The molecule has 0 bridgehead atoms. The molecule has 0 radical (unpaired) electrons. The molecule has 0 aliphatic heterocycles. The Morgan fingerprint density at radius 1 is 1.57 bits per heavy atom. The first-order valence-electron chi connectivity index (χ1n) is 4.28. The van der Waals surface area contributed by atoms with E-state index in [2.05, 4.69) is 15.3 Å². The number of halogens is 1. The van der Waals surface area contributed by atoms with Crippen LogP contribution in [0.15, 0.2) is 12.5 Å². The Morgan fingerprint density at radius 3 is 2.86 bits per heavy atom. The molecule has 0 aliphatic carbocycles. The zero-order chi connectivity index (χ0) is 10.6.